The molecular weight excluding hydrogens is 833 g/mol. The van der Waals surface area contributed by atoms with Gasteiger partial charge in [0.05, 0.1) is 22.8 Å². The molecule has 0 aliphatic rings. The smallest absolute Gasteiger partial charge is 0.0634 e. The first kappa shape index (κ1) is 62.4. The Hall–Kier alpha value is -2.74. The maximum atomic E-state index is 5.44. The second-order valence-electron chi connectivity index (χ2n) is 21.3. The zero-order chi connectivity index (χ0) is 49.2. The van der Waals surface area contributed by atoms with Crippen LogP contribution in [0.2, 0.25) is 0 Å². The van der Waals surface area contributed by atoms with Crippen molar-refractivity contribution in [3.8, 4) is 0 Å². The lowest BCUT2D eigenvalue weighted by atomic mass is 9.99. The molecule has 0 saturated heterocycles. The number of hydrogen-bond donors (Lipinski definition) is 0. The fraction of sp³-hybridized carbons (Fsp3) is 0.731. The van der Waals surface area contributed by atoms with Crippen LogP contribution in [0.5, 0.6) is 0 Å². The quantitative estimate of drug-likeness (QED) is 0.0466. The molecule has 0 unspecified atom stereocenters. The molecule has 2 rings (SSSR count). The van der Waals surface area contributed by atoms with Gasteiger partial charge in [-0.3, -0.25) is 9.98 Å². The van der Waals surface area contributed by atoms with Gasteiger partial charge in [0.1, 0.15) is 0 Å². The second-order valence-corrected chi connectivity index (χ2v) is 21.3. The Labute approximate surface area is 431 Å². The van der Waals surface area contributed by atoms with Gasteiger partial charge in [0, 0.05) is 0 Å². The Kier molecular flexibility index (Phi) is 44.2. The number of unbranched alkanes of at least 4 members (excludes halogenated alkanes) is 39. The van der Waals surface area contributed by atoms with Gasteiger partial charge in [-0.05, 0) is 86.8 Å². The van der Waals surface area contributed by atoms with Crippen molar-refractivity contribution in [2.45, 2.75) is 317 Å². The maximum absolute atomic E-state index is 5.44. The van der Waals surface area contributed by atoms with Crippen LogP contribution in [0.25, 0.3) is 12.2 Å². The van der Waals surface area contributed by atoms with Gasteiger partial charge in [0.2, 0.25) is 0 Å². The van der Waals surface area contributed by atoms with Crippen LogP contribution in [0, 0.1) is 0 Å². The number of aliphatic imine (C=N–C) groups is 2. The fourth-order valence-corrected chi connectivity index (χ4v) is 9.84. The molecule has 0 radical (unpaired) electrons. The molecule has 392 valence electrons. The Balaban J connectivity index is 2.00. The number of hydrogen-bond acceptors (Lipinski definition) is 2. The number of rotatable bonds is 50. The van der Waals surface area contributed by atoms with E-state index in [9.17, 15) is 0 Å². The average Bonchev–Trinajstić information content (AvgIpc) is 3.37. The molecule has 0 aliphatic carbocycles. The molecule has 0 bridgehead atoms. The number of allylic oxidation sites excluding steroid dienone is 2. The van der Waals surface area contributed by atoms with Crippen molar-refractivity contribution in [1.82, 2.24) is 0 Å². The van der Waals surface area contributed by atoms with Crippen LogP contribution >= 0.6 is 0 Å². The standard InChI is InChI=1S/C67H114N2/c1-5-9-13-17-21-24-26-28-30-32-34-37-39-42-46-50-62-54-58-64(59-55-62)68-66(52-48-44-20-16-12-8-4)67(53-49-45-41-36-23-19-15-11-7-3)69-65-60-56-63(57-61-65)51-47-43-40-38-35-33-31-29-27-25-22-18-14-10-6-2/h46-47,50-51,54-61H,5-45,48-49,52-53H2,1-4H3. The van der Waals surface area contributed by atoms with Crippen molar-refractivity contribution in [1.29, 1.82) is 0 Å². The van der Waals surface area contributed by atoms with Gasteiger partial charge in [-0.25, -0.2) is 0 Å². The predicted molar refractivity (Wildman–Crippen MR) is 316 cm³/mol. The minimum Gasteiger partial charge on any atom is -0.252 e. The molecule has 69 heavy (non-hydrogen) atoms. The van der Waals surface area contributed by atoms with E-state index in [1.807, 2.05) is 0 Å². The van der Waals surface area contributed by atoms with Crippen molar-refractivity contribution < 1.29 is 0 Å². The molecule has 0 fully saturated rings. The molecule has 0 spiro atoms. The lowest BCUT2D eigenvalue weighted by molar-refractivity contribution is 0.540. The van der Waals surface area contributed by atoms with Crippen molar-refractivity contribution in [3.05, 3.63) is 71.8 Å². The van der Waals surface area contributed by atoms with E-state index in [0.717, 1.165) is 24.2 Å². The minimum absolute atomic E-state index is 1.00. The average molecular weight is 948 g/mol. The third kappa shape index (κ3) is 38.6. The Morgan fingerprint density at radius 2 is 0.493 bits per heavy atom. The Bertz CT molecular complexity index is 1490. The lowest BCUT2D eigenvalue weighted by Gasteiger charge is -2.12. The van der Waals surface area contributed by atoms with Gasteiger partial charge in [0.25, 0.3) is 0 Å². The Morgan fingerprint density at radius 3 is 0.739 bits per heavy atom. The highest BCUT2D eigenvalue weighted by Gasteiger charge is 2.12. The summed E-state index contributed by atoms with van der Waals surface area (Å²) in [7, 11) is 0. The van der Waals surface area contributed by atoms with Crippen molar-refractivity contribution >= 4 is 35.0 Å². The van der Waals surface area contributed by atoms with Gasteiger partial charge in [0.15, 0.2) is 0 Å². The van der Waals surface area contributed by atoms with Crippen molar-refractivity contribution in [3.63, 3.8) is 0 Å². The summed E-state index contributed by atoms with van der Waals surface area (Å²) >= 11 is 0. The maximum Gasteiger partial charge on any atom is 0.0634 e. The largest absolute Gasteiger partial charge is 0.252 e. The molecular formula is C67H114N2. The third-order valence-electron chi connectivity index (χ3n) is 14.5. The molecule has 2 aromatic carbocycles. The topological polar surface area (TPSA) is 24.7 Å². The molecule has 0 aliphatic heterocycles. The molecule has 2 heteroatoms. The van der Waals surface area contributed by atoms with Crippen LogP contribution in [0.4, 0.5) is 11.4 Å². The first-order chi connectivity index (χ1) is 34.2. The van der Waals surface area contributed by atoms with Crippen LogP contribution in [0.15, 0.2) is 70.7 Å². The van der Waals surface area contributed by atoms with Gasteiger partial charge in [-0.2, -0.15) is 0 Å². The van der Waals surface area contributed by atoms with Gasteiger partial charge in [-0.1, -0.05) is 314 Å². The molecule has 2 aromatic rings. The van der Waals surface area contributed by atoms with Crippen LogP contribution in [0.3, 0.4) is 0 Å². The first-order valence-corrected chi connectivity index (χ1v) is 30.9. The number of nitrogens with zero attached hydrogens (tertiary/aromatic N) is 2. The van der Waals surface area contributed by atoms with Crippen molar-refractivity contribution in [2.75, 3.05) is 0 Å². The van der Waals surface area contributed by atoms with Crippen LogP contribution in [0.1, 0.15) is 328 Å². The predicted octanol–water partition coefficient (Wildman–Crippen LogP) is 24.2. The minimum atomic E-state index is 1.00. The van der Waals surface area contributed by atoms with Crippen LogP contribution in [-0.2, 0) is 0 Å². The molecule has 0 N–H and O–H groups in total. The molecule has 0 saturated carbocycles. The van der Waals surface area contributed by atoms with Crippen LogP contribution < -0.4 is 0 Å². The summed E-state index contributed by atoms with van der Waals surface area (Å²) in [5, 5.41) is 0. The lowest BCUT2D eigenvalue weighted by Crippen LogP contribution is -2.14. The molecule has 0 heterocycles. The molecule has 0 amide bonds. The van der Waals surface area contributed by atoms with Gasteiger partial charge in [-0.15, -0.1) is 0 Å². The Morgan fingerprint density at radius 1 is 0.275 bits per heavy atom. The van der Waals surface area contributed by atoms with E-state index in [2.05, 4.69) is 101 Å². The SMILES string of the molecule is CCCCCCCCCCCCCCCC=Cc1ccc(N=C(CCCCCCCC)C(CCCCCCCCCCC)=Nc2ccc(C=CCCCCCCCCCCCCCCC)cc2)cc1. The second kappa shape index (κ2) is 48.9. The van der Waals surface area contributed by atoms with E-state index >= 15 is 0 Å². The zero-order valence-corrected chi connectivity index (χ0v) is 46.6. The fourth-order valence-electron chi connectivity index (χ4n) is 9.84. The molecule has 2 nitrogen and oxygen atoms in total. The zero-order valence-electron chi connectivity index (χ0n) is 46.6. The van der Waals surface area contributed by atoms with Crippen molar-refractivity contribution in [2.24, 2.45) is 9.98 Å². The van der Waals surface area contributed by atoms with E-state index in [4.69, 9.17) is 9.98 Å². The van der Waals surface area contributed by atoms with E-state index in [1.165, 1.54) is 299 Å². The molecule has 0 atom stereocenters. The van der Waals surface area contributed by atoms with E-state index in [1.54, 1.807) is 0 Å². The number of benzene rings is 2. The normalized spacial score (nSPS) is 12.4. The highest BCUT2D eigenvalue weighted by molar-refractivity contribution is 6.43. The van der Waals surface area contributed by atoms with Gasteiger partial charge < -0.3 is 0 Å². The summed E-state index contributed by atoms with van der Waals surface area (Å²) in [6, 6.07) is 18.0. The summed E-state index contributed by atoms with van der Waals surface area (Å²) in [6.07, 6.45) is 70.3. The third-order valence-corrected chi connectivity index (χ3v) is 14.5. The summed E-state index contributed by atoms with van der Waals surface area (Å²) in [5.41, 5.74) is 7.10. The first-order valence-electron chi connectivity index (χ1n) is 30.9. The summed E-state index contributed by atoms with van der Waals surface area (Å²) in [6.45, 7) is 9.23. The van der Waals surface area contributed by atoms with E-state index in [0.29, 0.717) is 0 Å². The summed E-state index contributed by atoms with van der Waals surface area (Å²) < 4.78 is 0. The van der Waals surface area contributed by atoms with E-state index in [-0.39, 0.29) is 0 Å². The molecule has 0 aromatic heterocycles. The summed E-state index contributed by atoms with van der Waals surface area (Å²) in [4.78, 5) is 10.9. The highest BCUT2D eigenvalue weighted by Crippen LogP contribution is 2.23. The van der Waals surface area contributed by atoms with E-state index < -0.39 is 0 Å². The summed E-state index contributed by atoms with van der Waals surface area (Å²) in [5.74, 6) is 0. The monoisotopic (exact) mass is 947 g/mol. The van der Waals surface area contributed by atoms with Gasteiger partial charge >= 0.3 is 0 Å². The highest BCUT2D eigenvalue weighted by atomic mass is 14.8. The van der Waals surface area contributed by atoms with Crippen LogP contribution in [-0.4, -0.2) is 11.4 Å².